The number of cyclic esters (lactones) is 1. The lowest BCUT2D eigenvalue weighted by Gasteiger charge is -2.38. The number of fused-ring (bicyclic) bond motifs is 2. The van der Waals surface area contributed by atoms with Crippen molar-refractivity contribution in [1.29, 1.82) is 0 Å². The second-order valence-corrected chi connectivity index (χ2v) is 13.8. The third kappa shape index (κ3) is 6.55. The molecule has 4 heterocycles. The molecule has 1 aromatic rings. The number of nitrogens with one attached hydrogen (secondary N) is 1. The van der Waals surface area contributed by atoms with Crippen LogP contribution in [0.15, 0.2) is 53.0 Å². The largest absolute Gasteiger partial charge is 0.455 e. The molecule has 4 aliphatic rings. The Balaban J connectivity index is 1.59. The summed E-state index contributed by atoms with van der Waals surface area (Å²) in [5, 5.41) is 12.4. The molecular weight excluding hydrogens is 654 g/mol. The highest BCUT2D eigenvalue weighted by Gasteiger charge is 2.75. The minimum atomic E-state index is -1.34. The fraction of sp³-hybridized carbons (Fsp3) is 0.600. The van der Waals surface area contributed by atoms with Gasteiger partial charge in [0.2, 0.25) is 17.7 Å². The van der Waals surface area contributed by atoms with Crippen molar-refractivity contribution < 1.29 is 33.8 Å². The number of carbonyl (C=O) groups is 4. The zero-order valence-electron chi connectivity index (χ0n) is 26.9. The predicted octanol–water partition coefficient (Wildman–Crippen LogP) is 4.18. The Hall–Kier alpha value is -3.02. The van der Waals surface area contributed by atoms with Gasteiger partial charge in [-0.1, -0.05) is 71.8 Å². The molecule has 2 saturated heterocycles. The molecule has 4 aliphatic heterocycles. The lowest BCUT2D eigenvalue weighted by Crippen LogP contribution is -2.57. The number of benzene rings is 1. The van der Waals surface area contributed by atoms with Crippen molar-refractivity contribution in [1.82, 2.24) is 15.1 Å². The number of amides is 3. The highest BCUT2D eigenvalue weighted by molar-refractivity contribution is 9.11. The van der Waals surface area contributed by atoms with Gasteiger partial charge >= 0.3 is 5.97 Å². The molecule has 3 amide bonds. The molecular formula is C35H46BrN3O7. The van der Waals surface area contributed by atoms with Crippen LogP contribution in [0.4, 0.5) is 0 Å². The van der Waals surface area contributed by atoms with Crippen LogP contribution in [-0.4, -0.2) is 88.1 Å². The lowest BCUT2D eigenvalue weighted by molar-refractivity contribution is -0.161. The number of unbranched alkanes of at least 4 members (excludes halogenated alkanes) is 2. The third-order valence-electron chi connectivity index (χ3n) is 9.73. The van der Waals surface area contributed by atoms with Crippen LogP contribution in [0.2, 0.25) is 0 Å². The summed E-state index contributed by atoms with van der Waals surface area (Å²) in [5.41, 5.74) is -0.630. The SMILES string of the molecule is CCCC(C)N1C/C=C\CCC(=O)N[C@H](C)[C@@H](c2ccccc2)OC(=O)[C@@H]2[C@H]3O[C@@]4(C=C3Br)[C@H](C1=O)N(CCCCCO)C(=O)[C@@H]24. The number of aliphatic hydroxyl groups excluding tert-OH is 1. The second kappa shape index (κ2) is 14.8. The fourth-order valence-electron chi connectivity index (χ4n) is 7.52. The number of carbonyl (C=O) groups excluding carboxylic acids is 4. The molecule has 5 rings (SSSR count). The molecule has 1 unspecified atom stereocenters. The number of esters is 1. The number of allylic oxidation sites excluding steroid dienone is 1. The van der Waals surface area contributed by atoms with E-state index < -0.39 is 47.7 Å². The van der Waals surface area contributed by atoms with Gasteiger partial charge in [-0.2, -0.15) is 0 Å². The maximum Gasteiger partial charge on any atom is 0.313 e. The van der Waals surface area contributed by atoms with Crippen molar-refractivity contribution >= 4 is 39.6 Å². The Morgan fingerprint density at radius 2 is 1.83 bits per heavy atom. The molecule has 0 aliphatic carbocycles. The van der Waals surface area contributed by atoms with Crippen LogP contribution in [0.25, 0.3) is 0 Å². The zero-order chi connectivity index (χ0) is 33.0. The summed E-state index contributed by atoms with van der Waals surface area (Å²) in [6, 6.07) is 7.61. The van der Waals surface area contributed by atoms with Gasteiger partial charge in [-0.15, -0.1) is 0 Å². The van der Waals surface area contributed by atoms with E-state index >= 15 is 0 Å². The average Bonchev–Trinajstić information content (AvgIpc) is 3.62. The molecule has 0 radical (unpaired) electrons. The van der Waals surface area contributed by atoms with Gasteiger partial charge in [-0.05, 0) is 57.6 Å². The molecule has 1 spiro atoms. The monoisotopic (exact) mass is 699 g/mol. The first-order valence-electron chi connectivity index (χ1n) is 16.6. The highest BCUT2D eigenvalue weighted by Crippen LogP contribution is 2.59. The smallest absolute Gasteiger partial charge is 0.313 e. The van der Waals surface area contributed by atoms with Crippen LogP contribution in [0.3, 0.4) is 0 Å². The zero-order valence-corrected chi connectivity index (χ0v) is 28.5. The molecule has 10 nitrogen and oxygen atoms in total. The highest BCUT2D eigenvalue weighted by atomic mass is 79.9. The summed E-state index contributed by atoms with van der Waals surface area (Å²) in [5.74, 6) is -3.26. The summed E-state index contributed by atoms with van der Waals surface area (Å²) in [4.78, 5) is 59.8. The Morgan fingerprint density at radius 3 is 2.54 bits per heavy atom. The van der Waals surface area contributed by atoms with Crippen molar-refractivity contribution in [2.45, 2.75) is 102 Å². The van der Waals surface area contributed by atoms with Crippen molar-refractivity contribution in [3.8, 4) is 0 Å². The molecule has 0 saturated carbocycles. The van der Waals surface area contributed by atoms with E-state index in [9.17, 15) is 24.3 Å². The number of rotatable bonds is 9. The van der Waals surface area contributed by atoms with E-state index in [1.807, 2.05) is 55.5 Å². The van der Waals surface area contributed by atoms with Crippen LogP contribution in [0.5, 0.6) is 0 Å². The van der Waals surface area contributed by atoms with Gasteiger partial charge in [-0.3, -0.25) is 19.2 Å². The molecule has 11 heteroatoms. The summed E-state index contributed by atoms with van der Waals surface area (Å²) in [6.07, 6.45) is 8.30. The molecule has 2 N–H and O–H groups in total. The standard InChI is InChI=1S/C35H46BrN3O7/c1-4-14-22(2)38-18-11-6-10-17-26(41)37-23(3)29(24-15-8-5-9-16-24)45-34(44)27-28-32(42)39(19-12-7-13-20-40)31(33(38)43)35(28)21-25(36)30(27)46-35/h5-6,8-9,11,15-16,21-23,27-31,40H,4,7,10,12-14,17-20H2,1-3H3,(H,37,41)/b11-6-/t22?,23-,27+,28-,29+,30+,31+,35-/m1/s1. The molecule has 5 bridgehead atoms. The van der Waals surface area contributed by atoms with Gasteiger partial charge in [-0.25, -0.2) is 0 Å². The van der Waals surface area contributed by atoms with Gasteiger partial charge in [0, 0.05) is 36.6 Å². The van der Waals surface area contributed by atoms with Crippen molar-refractivity contribution in [3.63, 3.8) is 0 Å². The first-order valence-corrected chi connectivity index (χ1v) is 17.4. The van der Waals surface area contributed by atoms with Crippen LogP contribution in [-0.2, 0) is 28.7 Å². The number of hydrogen-bond acceptors (Lipinski definition) is 7. The van der Waals surface area contributed by atoms with Crippen LogP contribution < -0.4 is 5.32 Å². The van der Waals surface area contributed by atoms with Crippen molar-refractivity contribution in [2.75, 3.05) is 19.7 Å². The number of hydrogen-bond donors (Lipinski definition) is 2. The number of ether oxygens (including phenoxy) is 2. The van der Waals surface area contributed by atoms with Crippen LogP contribution in [0.1, 0.15) is 77.4 Å². The van der Waals surface area contributed by atoms with Gasteiger partial charge < -0.3 is 29.7 Å². The summed E-state index contributed by atoms with van der Waals surface area (Å²) in [7, 11) is 0. The number of aliphatic hydroxyl groups is 1. The quantitative estimate of drug-likeness (QED) is 0.225. The Bertz CT molecular complexity index is 1350. The topological polar surface area (TPSA) is 125 Å². The summed E-state index contributed by atoms with van der Waals surface area (Å²) < 4.78 is 13.5. The number of nitrogens with zero attached hydrogens (tertiary/aromatic N) is 2. The first kappa shape index (κ1) is 34.3. The molecule has 2 fully saturated rings. The number of likely N-dealkylation sites (tertiary alicyclic amines) is 1. The summed E-state index contributed by atoms with van der Waals surface area (Å²) in [6.45, 7) is 6.55. The van der Waals surface area contributed by atoms with Gasteiger partial charge in [0.15, 0.2) is 0 Å². The normalized spacial score (nSPS) is 33.0. The van der Waals surface area contributed by atoms with Crippen LogP contribution >= 0.6 is 15.9 Å². The van der Waals surface area contributed by atoms with E-state index in [0.717, 1.165) is 12.8 Å². The van der Waals surface area contributed by atoms with Gasteiger partial charge in [0.05, 0.1) is 12.0 Å². The molecule has 8 atom stereocenters. The van der Waals surface area contributed by atoms with Gasteiger partial charge in [0.1, 0.15) is 29.8 Å². The Labute approximate surface area is 279 Å². The lowest BCUT2D eigenvalue weighted by atomic mass is 9.74. The summed E-state index contributed by atoms with van der Waals surface area (Å²) >= 11 is 3.62. The van der Waals surface area contributed by atoms with E-state index in [2.05, 4.69) is 28.2 Å². The maximum atomic E-state index is 14.8. The molecule has 250 valence electrons. The minimum absolute atomic E-state index is 0.0490. The van der Waals surface area contributed by atoms with E-state index in [4.69, 9.17) is 9.47 Å². The van der Waals surface area contributed by atoms with Crippen molar-refractivity contribution in [2.24, 2.45) is 11.8 Å². The van der Waals surface area contributed by atoms with E-state index in [1.54, 1.807) is 16.7 Å². The molecule has 1 aromatic carbocycles. The fourth-order valence-corrected chi connectivity index (χ4v) is 8.26. The first-order chi connectivity index (χ1) is 22.1. The van der Waals surface area contributed by atoms with Crippen molar-refractivity contribution in [3.05, 3.63) is 58.6 Å². The Kier molecular flexibility index (Phi) is 11.1. The number of halogens is 1. The average molecular weight is 701 g/mol. The second-order valence-electron chi connectivity index (χ2n) is 12.9. The minimum Gasteiger partial charge on any atom is -0.455 e. The van der Waals surface area contributed by atoms with E-state index in [1.165, 1.54) is 0 Å². The van der Waals surface area contributed by atoms with Crippen LogP contribution in [0, 0.1) is 11.8 Å². The van der Waals surface area contributed by atoms with E-state index in [-0.39, 0.29) is 36.8 Å². The molecule has 46 heavy (non-hydrogen) atoms. The molecule has 0 aromatic heterocycles. The van der Waals surface area contributed by atoms with Gasteiger partial charge in [0.25, 0.3) is 0 Å². The third-order valence-corrected chi connectivity index (χ3v) is 10.4. The Morgan fingerprint density at radius 1 is 1.07 bits per heavy atom. The maximum absolute atomic E-state index is 14.8. The predicted molar refractivity (Wildman–Crippen MR) is 175 cm³/mol. The van der Waals surface area contributed by atoms with E-state index in [0.29, 0.717) is 48.8 Å².